The minimum absolute atomic E-state index is 0.0500. The molecule has 0 unspecified atom stereocenters. The molecule has 2 fully saturated rings. The van der Waals surface area contributed by atoms with Crippen LogP contribution in [0.2, 0.25) is 0 Å². The van der Waals surface area contributed by atoms with Gasteiger partial charge in [-0.1, -0.05) is 6.07 Å². The maximum atomic E-state index is 13.7. The number of nitrogens with one attached hydrogen (secondary N) is 1. The quantitative estimate of drug-likeness (QED) is 0.697. The van der Waals surface area contributed by atoms with E-state index in [1.807, 2.05) is 25.3 Å². The molecule has 1 amide bonds. The molecule has 29 heavy (non-hydrogen) atoms. The van der Waals surface area contributed by atoms with Crippen LogP contribution >= 0.6 is 11.3 Å². The van der Waals surface area contributed by atoms with Crippen LogP contribution in [0.4, 0.5) is 10.2 Å². The van der Waals surface area contributed by atoms with Crippen LogP contribution in [0, 0.1) is 18.7 Å². The molecule has 8 heteroatoms. The first-order valence-electron chi connectivity index (χ1n) is 9.72. The number of rotatable bonds is 5. The topological polar surface area (TPSA) is 67.4 Å². The number of fused-ring (bicyclic) bond motifs is 1. The molecule has 1 aromatic carbocycles. The van der Waals surface area contributed by atoms with Crippen LogP contribution in [0.25, 0.3) is 10.2 Å². The highest BCUT2D eigenvalue weighted by Gasteiger charge is 2.39. The van der Waals surface area contributed by atoms with Gasteiger partial charge >= 0.3 is 0 Å². The lowest BCUT2D eigenvalue weighted by molar-refractivity contribution is -0.131. The van der Waals surface area contributed by atoms with Crippen molar-refractivity contribution in [3.63, 3.8) is 0 Å². The van der Waals surface area contributed by atoms with Crippen LogP contribution in [0.1, 0.15) is 18.4 Å². The van der Waals surface area contributed by atoms with Crippen molar-refractivity contribution in [3.05, 3.63) is 47.4 Å². The summed E-state index contributed by atoms with van der Waals surface area (Å²) in [6.45, 7) is 3.57. The van der Waals surface area contributed by atoms with E-state index in [0.29, 0.717) is 24.1 Å². The number of amides is 1. The van der Waals surface area contributed by atoms with E-state index < -0.39 is 0 Å². The number of carbonyl (C=O) groups excluding carboxylic acids is 1. The fraction of sp³-hybridized carbons (Fsp3) is 0.381. The van der Waals surface area contributed by atoms with Gasteiger partial charge in [-0.3, -0.25) is 4.79 Å². The van der Waals surface area contributed by atoms with E-state index in [1.165, 1.54) is 23.5 Å². The normalized spacial score (nSPS) is 21.5. The predicted molar refractivity (Wildman–Crippen MR) is 110 cm³/mol. The van der Waals surface area contributed by atoms with Crippen molar-refractivity contribution in [2.45, 2.75) is 31.9 Å². The van der Waals surface area contributed by atoms with Crippen molar-refractivity contribution in [2.75, 3.05) is 18.0 Å². The fourth-order valence-electron chi connectivity index (χ4n) is 3.77. The van der Waals surface area contributed by atoms with E-state index in [-0.39, 0.29) is 29.8 Å². The summed E-state index contributed by atoms with van der Waals surface area (Å²) in [4.78, 5) is 23.3. The Kier molecular flexibility index (Phi) is 4.58. The number of ether oxygens (including phenoxy) is 1. The highest BCUT2D eigenvalue weighted by atomic mass is 32.1. The molecule has 1 aliphatic carbocycles. The average molecular weight is 412 g/mol. The second-order valence-corrected chi connectivity index (χ2v) is 8.70. The molecule has 2 aliphatic rings. The third-order valence-corrected chi connectivity index (χ3v) is 6.35. The van der Waals surface area contributed by atoms with E-state index in [0.717, 1.165) is 29.2 Å². The molecule has 1 saturated heterocycles. The summed E-state index contributed by atoms with van der Waals surface area (Å²) in [5.74, 6) is 1.10. The second kappa shape index (κ2) is 7.26. The number of nitrogens with zero attached hydrogens (tertiary/aromatic N) is 3. The molecule has 3 heterocycles. The van der Waals surface area contributed by atoms with Crippen LogP contribution in [0.15, 0.2) is 36.0 Å². The molecule has 1 saturated carbocycles. The van der Waals surface area contributed by atoms with Crippen molar-refractivity contribution < 1.29 is 13.9 Å². The van der Waals surface area contributed by atoms with Gasteiger partial charge in [-0.15, -0.1) is 11.3 Å². The van der Waals surface area contributed by atoms with Crippen LogP contribution < -0.4 is 15.0 Å². The summed E-state index contributed by atoms with van der Waals surface area (Å²) in [7, 11) is 0. The number of hydrogen-bond donors (Lipinski definition) is 1. The molecule has 6 nitrogen and oxygen atoms in total. The Balaban J connectivity index is 1.10. The van der Waals surface area contributed by atoms with E-state index in [2.05, 4.69) is 20.2 Å². The van der Waals surface area contributed by atoms with Gasteiger partial charge in [-0.25, -0.2) is 14.4 Å². The van der Waals surface area contributed by atoms with Crippen molar-refractivity contribution >= 4 is 33.3 Å². The molecule has 0 bridgehead atoms. The number of pyridine rings is 1. The Hall–Kier alpha value is -2.74. The minimum atomic E-state index is -0.331. The highest BCUT2D eigenvalue weighted by molar-refractivity contribution is 7.16. The van der Waals surface area contributed by atoms with Gasteiger partial charge in [0.1, 0.15) is 29.0 Å². The summed E-state index contributed by atoms with van der Waals surface area (Å²) in [6.07, 6.45) is 3.06. The lowest BCUT2D eigenvalue weighted by atomic mass is 9.81. The van der Waals surface area contributed by atoms with Crippen molar-refractivity contribution in [3.8, 4) is 5.75 Å². The molecule has 1 aliphatic heterocycles. The van der Waals surface area contributed by atoms with Crippen molar-refractivity contribution in [1.29, 1.82) is 0 Å². The number of aryl methyl sites for hydroxylation is 1. The maximum Gasteiger partial charge on any atom is 0.223 e. The molecule has 0 radical (unpaired) electrons. The molecular formula is C21H21FN4O2S. The first-order valence-corrected chi connectivity index (χ1v) is 10.6. The molecule has 3 aromatic rings. The van der Waals surface area contributed by atoms with Crippen LogP contribution in [-0.4, -0.2) is 41.1 Å². The molecule has 5 rings (SSSR count). The Morgan fingerprint density at radius 2 is 2.10 bits per heavy atom. The van der Waals surface area contributed by atoms with Gasteiger partial charge in [0, 0.05) is 31.3 Å². The van der Waals surface area contributed by atoms with E-state index in [9.17, 15) is 9.18 Å². The largest absolute Gasteiger partial charge is 0.488 e. The van der Waals surface area contributed by atoms with Gasteiger partial charge in [-0.2, -0.15) is 0 Å². The van der Waals surface area contributed by atoms with E-state index in [1.54, 1.807) is 5.51 Å². The third kappa shape index (κ3) is 3.64. The third-order valence-electron chi connectivity index (χ3n) is 5.57. The van der Waals surface area contributed by atoms with Crippen molar-refractivity contribution in [1.82, 2.24) is 15.3 Å². The average Bonchev–Trinajstić information content (AvgIpc) is 3.09. The monoisotopic (exact) mass is 412 g/mol. The van der Waals surface area contributed by atoms with Gasteiger partial charge in [-0.05, 0) is 37.5 Å². The number of anilines is 1. The zero-order valence-electron chi connectivity index (χ0n) is 16.0. The SMILES string of the molecule is Cc1ccc(N2CC(NC(=O)C3CC(Oc4cc(F)cc5scnc45)C3)C2)nc1. The van der Waals surface area contributed by atoms with Crippen LogP contribution in [-0.2, 0) is 4.79 Å². The zero-order chi connectivity index (χ0) is 20.0. The Labute approximate surface area is 171 Å². The summed E-state index contributed by atoms with van der Waals surface area (Å²) >= 11 is 1.39. The van der Waals surface area contributed by atoms with Gasteiger partial charge in [0.15, 0.2) is 0 Å². The maximum absolute atomic E-state index is 13.7. The number of hydrogen-bond acceptors (Lipinski definition) is 6. The highest BCUT2D eigenvalue weighted by Crippen LogP contribution is 2.35. The summed E-state index contributed by atoms with van der Waals surface area (Å²) in [6, 6.07) is 7.04. The Bertz CT molecular complexity index is 1040. The number of thiazole rings is 1. The smallest absolute Gasteiger partial charge is 0.223 e. The lowest BCUT2D eigenvalue weighted by Crippen LogP contribution is -2.61. The zero-order valence-corrected chi connectivity index (χ0v) is 16.8. The molecule has 1 N–H and O–H groups in total. The predicted octanol–water partition coefficient (Wildman–Crippen LogP) is 3.30. The van der Waals surface area contributed by atoms with Gasteiger partial charge in [0.2, 0.25) is 5.91 Å². The second-order valence-electron chi connectivity index (χ2n) is 7.82. The van der Waals surface area contributed by atoms with Gasteiger partial charge in [0.25, 0.3) is 0 Å². The van der Waals surface area contributed by atoms with E-state index in [4.69, 9.17) is 4.74 Å². The fourth-order valence-corrected chi connectivity index (χ4v) is 4.49. The first kappa shape index (κ1) is 18.3. The standard InChI is InChI=1S/C21H21FN4O2S/c1-12-2-3-19(23-8-12)26-9-15(10-26)25-21(27)13-4-16(5-13)28-17-6-14(22)7-18-20(17)24-11-29-18/h2-3,6-8,11,13,15-16H,4-5,9-10H2,1H3,(H,25,27). The molecule has 0 spiro atoms. The lowest BCUT2D eigenvalue weighted by Gasteiger charge is -2.42. The molecule has 2 aromatic heterocycles. The van der Waals surface area contributed by atoms with Gasteiger partial charge < -0.3 is 15.0 Å². The van der Waals surface area contributed by atoms with Crippen LogP contribution in [0.5, 0.6) is 5.75 Å². The summed E-state index contributed by atoms with van der Waals surface area (Å²) < 4.78 is 20.4. The summed E-state index contributed by atoms with van der Waals surface area (Å²) in [5.41, 5.74) is 3.50. The number of carbonyl (C=O) groups is 1. The first-order chi connectivity index (χ1) is 14.0. The Morgan fingerprint density at radius 1 is 1.28 bits per heavy atom. The minimum Gasteiger partial charge on any atom is -0.488 e. The Morgan fingerprint density at radius 3 is 2.86 bits per heavy atom. The summed E-state index contributed by atoms with van der Waals surface area (Å²) in [5, 5.41) is 3.11. The van der Waals surface area contributed by atoms with Gasteiger partial charge in [0.05, 0.1) is 16.3 Å². The van der Waals surface area contributed by atoms with Crippen LogP contribution in [0.3, 0.4) is 0 Å². The molecule has 0 atom stereocenters. The number of aromatic nitrogens is 2. The molecular weight excluding hydrogens is 391 g/mol. The van der Waals surface area contributed by atoms with E-state index >= 15 is 0 Å². The number of benzene rings is 1. The van der Waals surface area contributed by atoms with Crippen molar-refractivity contribution in [2.24, 2.45) is 5.92 Å². The number of halogens is 1. The molecule has 150 valence electrons.